The van der Waals surface area contributed by atoms with Gasteiger partial charge in [0.1, 0.15) is 10.6 Å². The lowest BCUT2D eigenvalue weighted by atomic mass is 10.2. The number of aromatic nitrogens is 2. The van der Waals surface area contributed by atoms with Gasteiger partial charge in [0.15, 0.2) is 5.16 Å². The van der Waals surface area contributed by atoms with Gasteiger partial charge in [-0.25, -0.2) is 9.97 Å². The molecular weight excluding hydrogens is 411 g/mol. The van der Waals surface area contributed by atoms with Crippen molar-refractivity contribution in [1.82, 2.24) is 9.97 Å². The Bertz CT molecular complexity index is 1010. The molecule has 9 heteroatoms. The van der Waals surface area contributed by atoms with Gasteiger partial charge >= 0.3 is 0 Å². The lowest BCUT2D eigenvalue weighted by Crippen LogP contribution is -2.22. The van der Waals surface area contributed by atoms with Crippen molar-refractivity contribution in [2.75, 3.05) is 11.1 Å². The van der Waals surface area contributed by atoms with Crippen molar-refractivity contribution < 1.29 is 4.79 Å². The number of fused-ring (bicyclic) bond motifs is 1. The van der Waals surface area contributed by atoms with Crippen molar-refractivity contribution in [2.24, 2.45) is 0 Å². The van der Waals surface area contributed by atoms with E-state index in [0.717, 1.165) is 20.7 Å². The van der Waals surface area contributed by atoms with Crippen molar-refractivity contribution in [2.45, 2.75) is 31.2 Å². The number of anilines is 2. The number of thioether (sulfide) groups is 1. The number of halogens is 2. The molecule has 2 heterocycles. The van der Waals surface area contributed by atoms with Crippen LogP contribution in [-0.2, 0) is 4.79 Å². The molecule has 0 saturated heterocycles. The number of rotatable bonds is 4. The lowest BCUT2D eigenvalue weighted by Gasteiger charge is -2.12. The van der Waals surface area contributed by atoms with Gasteiger partial charge in [0, 0.05) is 9.90 Å². The van der Waals surface area contributed by atoms with Gasteiger partial charge in [-0.15, -0.1) is 11.3 Å². The Labute approximate surface area is 169 Å². The zero-order valence-corrected chi connectivity index (χ0v) is 17.4. The molecular formula is C17H16Cl2N4OS2. The van der Waals surface area contributed by atoms with Crippen molar-refractivity contribution in [3.05, 3.63) is 38.7 Å². The third-order valence-electron chi connectivity index (χ3n) is 3.88. The summed E-state index contributed by atoms with van der Waals surface area (Å²) < 4.78 is 0. The average Bonchev–Trinajstić information content (AvgIpc) is 2.84. The molecule has 3 rings (SSSR count). The van der Waals surface area contributed by atoms with Gasteiger partial charge in [-0.1, -0.05) is 35.0 Å². The number of nitrogens with two attached hydrogens (primary N) is 1. The van der Waals surface area contributed by atoms with E-state index in [1.165, 1.54) is 11.8 Å². The van der Waals surface area contributed by atoms with E-state index in [-0.39, 0.29) is 5.91 Å². The molecule has 0 fully saturated rings. The predicted molar refractivity (Wildman–Crippen MR) is 112 cm³/mol. The molecule has 0 aliphatic rings. The zero-order chi connectivity index (χ0) is 19.0. The van der Waals surface area contributed by atoms with Crippen LogP contribution in [0.25, 0.3) is 10.2 Å². The van der Waals surface area contributed by atoms with Crippen LogP contribution in [0.3, 0.4) is 0 Å². The van der Waals surface area contributed by atoms with Crippen molar-refractivity contribution in [3.8, 4) is 0 Å². The molecule has 0 aliphatic heterocycles. The van der Waals surface area contributed by atoms with E-state index in [0.29, 0.717) is 26.7 Å². The van der Waals surface area contributed by atoms with Gasteiger partial charge < -0.3 is 11.1 Å². The van der Waals surface area contributed by atoms with Crippen LogP contribution in [0, 0.1) is 13.8 Å². The number of hydrogen-bond acceptors (Lipinski definition) is 6. The third kappa shape index (κ3) is 3.91. The van der Waals surface area contributed by atoms with Crippen LogP contribution in [0.1, 0.15) is 17.4 Å². The van der Waals surface area contributed by atoms with Gasteiger partial charge in [-0.3, -0.25) is 4.79 Å². The summed E-state index contributed by atoms with van der Waals surface area (Å²) in [6.45, 7) is 5.81. The van der Waals surface area contributed by atoms with Crippen LogP contribution in [0.5, 0.6) is 0 Å². The number of carbonyl (C=O) groups excluding carboxylic acids is 1. The number of benzene rings is 1. The monoisotopic (exact) mass is 426 g/mol. The SMILES string of the molecule is Cc1sc2nc(SC(C)C(=O)Nc3ccc(Cl)cc3Cl)nc(N)c2c1C. The summed E-state index contributed by atoms with van der Waals surface area (Å²) >= 11 is 14.8. The first-order valence-corrected chi connectivity index (χ1v) is 10.2. The summed E-state index contributed by atoms with van der Waals surface area (Å²) in [7, 11) is 0. The summed E-state index contributed by atoms with van der Waals surface area (Å²) in [5.41, 5.74) is 7.70. The molecule has 0 aliphatic carbocycles. The highest BCUT2D eigenvalue weighted by Crippen LogP contribution is 2.34. The Morgan fingerprint density at radius 1 is 1.31 bits per heavy atom. The van der Waals surface area contributed by atoms with Crippen LogP contribution >= 0.6 is 46.3 Å². The topological polar surface area (TPSA) is 80.9 Å². The Morgan fingerprint density at radius 2 is 2.04 bits per heavy atom. The molecule has 136 valence electrons. The number of hydrogen-bond donors (Lipinski definition) is 2. The van der Waals surface area contributed by atoms with Crippen molar-refractivity contribution >= 4 is 73.9 Å². The summed E-state index contributed by atoms with van der Waals surface area (Å²) in [5, 5.41) is 4.61. The minimum atomic E-state index is -0.430. The Kier molecular flexibility index (Phi) is 5.62. The van der Waals surface area contributed by atoms with Gasteiger partial charge in [-0.05, 0) is 44.5 Å². The fourth-order valence-corrected chi connectivity index (χ4v) is 4.68. The van der Waals surface area contributed by atoms with Crippen LogP contribution in [-0.4, -0.2) is 21.1 Å². The summed E-state index contributed by atoms with van der Waals surface area (Å²) in [5.74, 6) is 0.229. The zero-order valence-electron chi connectivity index (χ0n) is 14.3. The van der Waals surface area contributed by atoms with E-state index < -0.39 is 5.25 Å². The normalized spacial score (nSPS) is 12.3. The maximum atomic E-state index is 12.5. The molecule has 0 bridgehead atoms. The first-order valence-electron chi connectivity index (χ1n) is 7.72. The van der Waals surface area contributed by atoms with E-state index in [1.54, 1.807) is 36.5 Å². The minimum Gasteiger partial charge on any atom is -0.383 e. The van der Waals surface area contributed by atoms with E-state index >= 15 is 0 Å². The standard InChI is InChI=1S/C17H16Cl2N4OS2/c1-7-8(2)25-16-13(7)14(20)22-17(23-16)26-9(3)15(24)21-12-5-4-10(18)6-11(12)19/h4-6,9H,1-3H3,(H,21,24)(H2,20,22,23). The molecule has 1 atom stereocenters. The van der Waals surface area contributed by atoms with Crippen LogP contribution in [0.2, 0.25) is 10.0 Å². The summed E-state index contributed by atoms with van der Waals surface area (Å²) in [6.07, 6.45) is 0. The van der Waals surface area contributed by atoms with E-state index in [4.69, 9.17) is 28.9 Å². The van der Waals surface area contributed by atoms with Gasteiger partial charge in [0.25, 0.3) is 0 Å². The second-order valence-electron chi connectivity index (χ2n) is 5.73. The number of amides is 1. The third-order valence-corrected chi connectivity index (χ3v) is 6.49. The summed E-state index contributed by atoms with van der Waals surface area (Å²) in [4.78, 5) is 23.3. The fourth-order valence-electron chi connectivity index (χ4n) is 2.35. The van der Waals surface area contributed by atoms with Crippen molar-refractivity contribution in [3.63, 3.8) is 0 Å². The smallest absolute Gasteiger partial charge is 0.237 e. The molecule has 0 spiro atoms. The highest BCUT2D eigenvalue weighted by Gasteiger charge is 2.19. The largest absolute Gasteiger partial charge is 0.383 e. The molecule has 1 aromatic carbocycles. The second-order valence-corrected chi connectivity index (χ2v) is 9.08. The number of carbonyl (C=O) groups is 1. The molecule has 1 amide bonds. The average molecular weight is 427 g/mol. The molecule has 3 aromatic rings. The number of nitrogens with zero attached hydrogens (tertiary/aromatic N) is 2. The molecule has 5 nitrogen and oxygen atoms in total. The highest BCUT2D eigenvalue weighted by atomic mass is 35.5. The molecule has 2 aromatic heterocycles. The number of nitrogen functional groups attached to an aromatic ring is 1. The first-order chi connectivity index (χ1) is 12.3. The maximum absolute atomic E-state index is 12.5. The Balaban J connectivity index is 1.77. The van der Waals surface area contributed by atoms with Gasteiger partial charge in [0.05, 0.1) is 21.3 Å². The Hall–Kier alpha value is -1.54. The number of nitrogens with one attached hydrogen (secondary N) is 1. The summed E-state index contributed by atoms with van der Waals surface area (Å²) in [6, 6.07) is 4.91. The quantitative estimate of drug-likeness (QED) is 0.435. The van der Waals surface area contributed by atoms with E-state index in [1.807, 2.05) is 13.8 Å². The van der Waals surface area contributed by atoms with Crippen LogP contribution in [0.4, 0.5) is 11.5 Å². The molecule has 0 saturated carbocycles. The Morgan fingerprint density at radius 3 is 2.73 bits per heavy atom. The minimum absolute atomic E-state index is 0.208. The van der Waals surface area contributed by atoms with Gasteiger partial charge in [0.2, 0.25) is 5.91 Å². The molecule has 0 radical (unpaired) electrons. The molecule has 1 unspecified atom stereocenters. The highest BCUT2D eigenvalue weighted by molar-refractivity contribution is 8.00. The first kappa shape index (κ1) is 19.2. The van der Waals surface area contributed by atoms with Gasteiger partial charge in [-0.2, -0.15) is 0 Å². The van der Waals surface area contributed by atoms with E-state index in [9.17, 15) is 4.79 Å². The predicted octanol–water partition coefficient (Wildman–Crippen LogP) is 5.32. The second kappa shape index (κ2) is 7.60. The van der Waals surface area contributed by atoms with Crippen molar-refractivity contribution in [1.29, 1.82) is 0 Å². The lowest BCUT2D eigenvalue weighted by molar-refractivity contribution is -0.115. The molecule has 26 heavy (non-hydrogen) atoms. The number of aryl methyl sites for hydroxylation is 2. The number of thiophene rings is 1. The van der Waals surface area contributed by atoms with Crippen LogP contribution in [0.15, 0.2) is 23.4 Å². The van der Waals surface area contributed by atoms with E-state index in [2.05, 4.69) is 15.3 Å². The van der Waals surface area contributed by atoms with Crippen LogP contribution < -0.4 is 11.1 Å². The molecule has 3 N–H and O–H groups in total. The fraction of sp³-hybridized carbons (Fsp3) is 0.235. The maximum Gasteiger partial charge on any atom is 0.237 e.